The van der Waals surface area contributed by atoms with Crippen molar-refractivity contribution in [1.82, 2.24) is 4.90 Å². The minimum atomic E-state index is -0.734. The molecular formula is C22H23NO6. The number of methoxy groups -OCH3 is 2. The quantitative estimate of drug-likeness (QED) is 0.722. The van der Waals surface area contributed by atoms with Gasteiger partial charge in [-0.15, -0.1) is 0 Å². The maximum absolute atomic E-state index is 12.9. The highest BCUT2D eigenvalue weighted by Gasteiger charge is 2.39. The summed E-state index contributed by atoms with van der Waals surface area (Å²) < 4.78 is 16.0. The summed E-state index contributed by atoms with van der Waals surface area (Å²) in [6, 6.07) is 11.8. The van der Waals surface area contributed by atoms with Gasteiger partial charge in [-0.05, 0) is 49.2 Å². The molecule has 7 nitrogen and oxygen atoms in total. The molecule has 2 aromatic carbocycles. The van der Waals surface area contributed by atoms with Crippen molar-refractivity contribution < 1.29 is 28.9 Å². The number of aliphatic hydroxyl groups is 1. The summed E-state index contributed by atoms with van der Waals surface area (Å²) in [7, 11) is 3.03. The molecule has 7 heteroatoms. The van der Waals surface area contributed by atoms with Crippen LogP contribution in [0.3, 0.4) is 0 Å². The molecule has 0 fully saturated rings. The summed E-state index contributed by atoms with van der Waals surface area (Å²) in [6.45, 7) is 3.82. The number of carbonyl (C=O) groups is 2. The molecule has 0 atom stereocenters. The maximum Gasteiger partial charge on any atom is 0.296 e. The molecule has 152 valence electrons. The van der Waals surface area contributed by atoms with Gasteiger partial charge in [0.1, 0.15) is 5.75 Å². The largest absolute Gasteiger partial charge is 0.502 e. The van der Waals surface area contributed by atoms with E-state index < -0.39 is 17.6 Å². The normalized spacial score (nSPS) is 14.0. The molecule has 0 spiro atoms. The van der Waals surface area contributed by atoms with Crippen LogP contribution >= 0.6 is 0 Å². The Morgan fingerprint density at radius 1 is 0.931 bits per heavy atom. The van der Waals surface area contributed by atoms with E-state index in [4.69, 9.17) is 14.2 Å². The summed E-state index contributed by atoms with van der Waals surface area (Å²) in [5.74, 6) is -0.180. The van der Waals surface area contributed by atoms with Gasteiger partial charge < -0.3 is 19.3 Å². The first kappa shape index (κ1) is 20.3. The molecule has 0 bridgehead atoms. The zero-order valence-corrected chi connectivity index (χ0v) is 16.8. The fourth-order valence-corrected chi connectivity index (χ4v) is 3.10. The van der Waals surface area contributed by atoms with E-state index in [2.05, 4.69) is 0 Å². The van der Waals surface area contributed by atoms with Crippen molar-refractivity contribution >= 4 is 17.4 Å². The topological polar surface area (TPSA) is 85.3 Å². The second-order valence-electron chi connectivity index (χ2n) is 6.80. The number of hydrogen-bond acceptors (Lipinski definition) is 6. The van der Waals surface area contributed by atoms with Crippen molar-refractivity contribution in [2.24, 2.45) is 0 Å². The van der Waals surface area contributed by atoms with Crippen LogP contribution in [0.25, 0.3) is 5.57 Å². The minimum Gasteiger partial charge on any atom is -0.502 e. The number of hydrogen-bond donors (Lipinski definition) is 1. The number of benzene rings is 2. The molecule has 29 heavy (non-hydrogen) atoms. The van der Waals surface area contributed by atoms with Crippen molar-refractivity contribution in [3.05, 3.63) is 59.4 Å². The van der Waals surface area contributed by atoms with Gasteiger partial charge >= 0.3 is 0 Å². The van der Waals surface area contributed by atoms with Crippen molar-refractivity contribution in [1.29, 1.82) is 0 Å². The van der Waals surface area contributed by atoms with Gasteiger partial charge in [-0.2, -0.15) is 0 Å². The second-order valence-corrected chi connectivity index (χ2v) is 6.80. The average Bonchev–Trinajstić information content (AvgIpc) is 2.91. The van der Waals surface area contributed by atoms with E-state index in [1.807, 2.05) is 13.8 Å². The van der Waals surface area contributed by atoms with Gasteiger partial charge in [-0.3, -0.25) is 14.5 Å². The van der Waals surface area contributed by atoms with Crippen molar-refractivity contribution in [3.63, 3.8) is 0 Å². The monoisotopic (exact) mass is 397 g/mol. The highest BCUT2D eigenvalue weighted by Crippen LogP contribution is 2.32. The Kier molecular flexibility index (Phi) is 5.77. The third-order valence-electron chi connectivity index (χ3n) is 4.45. The molecule has 0 saturated heterocycles. The van der Waals surface area contributed by atoms with E-state index >= 15 is 0 Å². The highest BCUT2D eigenvalue weighted by atomic mass is 16.5. The average molecular weight is 397 g/mol. The molecule has 1 heterocycles. The van der Waals surface area contributed by atoms with Gasteiger partial charge in [0.15, 0.2) is 17.3 Å². The summed E-state index contributed by atoms with van der Waals surface area (Å²) >= 11 is 0. The summed E-state index contributed by atoms with van der Waals surface area (Å²) in [4.78, 5) is 26.4. The lowest BCUT2D eigenvalue weighted by molar-refractivity contribution is -0.138. The van der Waals surface area contributed by atoms with Gasteiger partial charge in [0.2, 0.25) is 0 Å². The first-order valence-electron chi connectivity index (χ1n) is 9.13. The van der Waals surface area contributed by atoms with Crippen LogP contribution in [-0.2, 0) is 16.1 Å². The van der Waals surface area contributed by atoms with Crippen molar-refractivity contribution in [2.75, 3.05) is 14.2 Å². The fourth-order valence-electron chi connectivity index (χ4n) is 3.10. The zero-order valence-electron chi connectivity index (χ0n) is 16.8. The van der Waals surface area contributed by atoms with E-state index in [-0.39, 0.29) is 18.2 Å². The molecule has 1 aliphatic rings. The van der Waals surface area contributed by atoms with Crippen LogP contribution in [0.15, 0.2) is 48.2 Å². The van der Waals surface area contributed by atoms with Crippen molar-refractivity contribution in [2.45, 2.75) is 26.5 Å². The van der Waals surface area contributed by atoms with E-state index in [9.17, 15) is 14.7 Å². The molecule has 1 aliphatic heterocycles. The third kappa shape index (κ3) is 4.03. The van der Waals surface area contributed by atoms with Crippen LogP contribution in [0, 0.1) is 0 Å². The second kappa shape index (κ2) is 8.26. The van der Waals surface area contributed by atoms with Gasteiger partial charge in [0.05, 0.1) is 32.4 Å². The van der Waals surface area contributed by atoms with Crippen LogP contribution in [0.1, 0.15) is 25.0 Å². The highest BCUT2D eigenvalue weighted by molar-refractivity contribution is 6.34. The predicted octanol–water partition coefficient (Wildman–Crippen LogP) is 3.33. The molecular weight excluding hydrogens is 374 g/mol. The molecule has 0 aromatic heterocycles. The summed E-state index contributed by atoms with van der Waals surface area (Å²) in [5, 5.41) is 10.3. The van der Waals surface area contributed by atoms with Gasteiger partial charge in [-0.25, -0.2) is 0 Å². The minimum absolute atomic E-state index is 0.000124. The maximum atomic E-state index is 12.9. The van der Waals surface area contributed by atoms with Crippen LogP contribution < -0.4 is 14.2 Å². The fraction of sp³-hybridized carbons (Fsp3) is 0.273. The third-order valence-corrected chi connectivity index (χ3v) is 4.45. The Bertz CT molecular complexity index is 962. The first-order chi connectivity index (χ1) is 13.8. The standard InChI is InChI=1S/C22H23NO6/c1-13(2)29-16-8-6-15(7-9-16)19-20(24)22(26)23(21(19)25)12-14-5-10-17(27-3)18(11-14)28-4/h5-11,13,24H,12H2,1-4H3. The predicted molar refractivity (Wildman–Crippen MR) is 107 cm³/mol. The smallest absolute Gasteiger partial charge is 0.296 e. The number of aliphatic hydroxyl groups excluding tert-OH is 1. The van der Waals surface area contributed by atoms with E-state index in [0.29, 0.717) is 28.4 Å². The molecule has 0 radical (unpaired) electrons. The molecule has 2 amide bonds. The molecule has 0 unspecified atom stereocenters. The molecule has 0 aliphatic carbocycles. The van der Waals surface area contributed by atoms with Crippen LogP contribution in [-0.4, -0.2) is 42.1 Å². The Balaban J connectivity index is 1.83. The number of amides is 2. The Morgan fingerprint density at radius 3 is 2.17 bits per heavy atom. The Hall–Kier alpha value is -3.48. The van der Waals surface area contributed by atoms with E-state index in [1.165, 1.54) is 14.2 Å². The Labute approximate surface area is 169 Å². The molecule has 2 aromatic rings. The summed E-state index contributed by atoms with van der Waals surface area (Å²) in [6.07, 6.45) is 0.0140. The Morgan fingerprint density at radius 2 is 1.59 bits per heavy atom. The molecule has 0 saturated carbocycles. The van der Waals surface area contributed by atoms with Crippen LogP contribution in [0.5, 0.6) is 17.2 Å². The SMILES string of the molecule is COc1ccc(CN2C(=O)C(O)=C(c3ccc(OC(C)C)cc3)C2=O)cc1OC. The number of carbonyl (C=O) groups excluding carboxylic acids is 2. The van der Waals surface area contributed by atoms with Gasteiger partial charge in [-0.1, -0.05) is 18.2 Å². The lowest BCUT2D eigenvalue weighted by atomic mass is 10.1. The van der Waals surface area contributed by atoms with Gasteiger partial charge in [0, 0.05) is 0 Å². The van der Waals surface area contributed by atoms with Gasteiger partial charge in [0.25, 0.3) is 11.8 Å². The number of ether oxygens (including phenoxy) is 3. The van der Waals surface area contributed by atoms with Crippen LogP contribution in [0.4, 0.5) is 0 Å². The lowest BCUT2D eigenvalue weighted by Crippen LogP contribution is -2.31. The number of nitrogens with zero attached hydrogens (tertiary/aromatic N) is 1. The lowest BCUT2D eigenvalue weighted by Gasteiger charge is -2.16. The first-order valence-corrected chi connectivity index (χ1v) is 9.13. The summed E-state index contributed by atoms with van der Waals surface area (Å²) in [5.41, 5.74) is 1.09. The van der Waals surface area contributed by atoms with E-state index in [1.54, 1.807) is 42.5 Å². The van der Waals surface area contributed by atoms with Crippen molar-refractivity contribution in [3.8, 4) is 17.2 Å². The number of rotatable bonds is 7. The number of imide groups is 1. The molecule has 3 rings (SSSR count). The van der Waals surface area contributed by atoms with Crippen LogP contribution in [0.2, 0.25) is 0 Å². The van der Waals surface area contributed by atoms with E-state index in [0.717, 1.165) is 4.90 Å². The molecule has 1 N–H and O–H groups in total. The zero-order chi connectivity index (χ0) is 21.1.